The maximum atomic E-state index is 11.5. The van der Waals surface area contributed by atoms with Crippen LogP contribution in [0.1, 0.15) is 11.1 Å². The molecule has 1 aromatic carbocycles. The number of H-pyrrole nitrogens is 1. The minimum atomic E-state index is -0.297. The van der Waals surface area contributed by atoms with E-state index in [0.717, 1.165) is 35.6 Å². The number of benzene rings is 1. The molecule has 0 saturated carbocycles. The summed E-state index contributed by atoms with van der Waals surface area (Å²) in [5.74, 6) is 0.726. The van der Waals surface area contributed by atoms with Gasteiger partial charge in [-0.05, 0) is 18.9 Å². The van der Waals surface area contributed by atoms with E-state index in [1.807, 2.05) is 31.2 Å². The molecule has 0 spiro atoms. The molecule has 4 heteroatoms. The summed E-state index contributed by atoms with van der Waals surface area (Å²) in [6.45, 7) is 2.89. The third-order valence-electron chi connectivity index (χ3n) is 3.04. The summed E-state index contributed by atoms with van der Waals surface area (Å²) in [6, 6.07) is 8.14. The molecule has 86 valence electrons. The average Bonchev–Trinajstić information content (AvgIpc) is 2.77. The van der Waals surface area contributed by atoms with Gasteiger partial charge in [0, 0.05) is 12.1 Å². The summed E-state index contributed by atoms with van der Waals surface area (Å²) in [5, 5.41) is 3.13. The molecule has 2 heterocycles. The summed E-state index contributed by atoms with van der Waals surface area (Å²) in [5.41, 5.74) is 3.95. The zero-order valence-corrected chi connectivity index (χ0v) is 9.58. The monoisotopic (exact) mass is 227 g/mol. The molecule has 1 aliphatic heterocycles. The molecule has 0 atom stereocenters. The van der Waals surface area contributed by atoms with Gasteiger partial charge in [-0.1, -0.05) is 29.8 Å². The zero-order chi connectivity index (χ0) is 11.8. The fraction of sp³-hybridized carbons (Fsp3) is 0.231. The fourth-order valence-corrected chi connectivity index (χ4v) is 2.16. The molecule has 2 N–H and O–H groups in total. The van der Waals surface area contributed by atoms with Gasteiger partial charge in [-0.15, -0.1) is 0 Å². The Morgan fingerprint density at radius 3 is 2.76 bits per heavy atom. The van der Waals surface area contributed by atoms with Gasteiger partial charge in [-0.25, -0.2) is 4.79 Å². The van der Waals surface area contributed by atoms with E-state index >= 15 is 0 Å². The molecule has 3 rings (SSSR count). The van der Waals surface area contributed by atoms with E-state index in [9.17, 15) is 4.79 Å². The molecule has 0 bridgehead atoms. The van der Waals surface area contributed by atoms with Crippen LogP contribution in [0.25, 0.3) is 11.3 Å². The molecular formula is C13H13N3O. The highest BCUT2D eigenvalue weighted by atomic mass is 16.1. The van der Waals surface area contributed by atoms with Crippen molar-refractivity contribution in [3.05, 3.63) is 45.9 Å². The Hall–Kier alpha value is -2.10. The molecule has 0 unspecified atom stereocenters. The van der Waals surface area contributed by atoms with Crippen LogP contribution in [0.3, 0.4) is 0 Å². The first-order chi connectivity index (χ1) is 8.24. The average molecular weight is 227 g/mol. The van der Waals surface area contributed by atoms with Crippen LogP contribution in [-0.4, -0.2) is 16.5 Å². The smallest absolute Gasteiger partial charge is 0.347 e. The number of aryl methyl sites for hydroxylation is 1. The summed E-state index contributed by atoms with van der Waals surface area (Å²) in [4.78, 5) is 18.3. The zero-order valence-electron chi connectivity index (χ0n) is 9.58. The molecule has 1 aliphatic rings. The number of aromatic nitrogens is 2. The minimum Gasteiger partial charge on any atom is -0.369 e. The van der Waals surface area contributed by atoms with Gasteiger partial charge in [0.1, 0.15) is 5.82 Å². The number of rotatable bonds is 1. The lowest BCUT2D eigenvalue weighted by atomic mass is 10.0. The van der Waals surface area contributed by atoms with Crippen molar-refractivity contribution in [1.29, 1.82) is 0 Å². The van der Waals surface area contributed by atoms with Gasteiger partial charge in [0.05, 0.1) is 5.69 Å². The Labute approximate surface area is 98.7 Å². The summed E-state index contributed by atoms with van der Waals surface area (Å²) in [6.07, 6.45) is 0.905. The number of hydrogen-bond donors (Lipinski definition) is 2. The van der Waals surface area contributed by atoms with Crippen LogP contribution in [0.5, 0.6) is 0 Å². The number of aromatic amines is 1. The lowest BCUT2D eigenvalue weighted by Crippen LogP contribution is -2.13. The number of fused-ring (bicyclic) bond motifs is 1. The molecular weight excluding hydrogens is 214 g/mol. The lowest BCUT2D eigenvalue weighted by molar-refractivity contribution is 1.06. The second-order valence-corrected chi connectivity index (χ2v) is 4.29. The topological polar surface area (TPSA) is 57.8 Å². The second kappa shape index (κ2) is 3.73. The Bertz CT molecular complexity index is 614. The van der Waals surface area contributed by atoms with E-state index in [1.165, 1.54) is 5.56 Å². The standard InChI is InChI=1S/C13H13N3O/c1-8-2-4-9(5-3-8)11-10-6-7-14-12(10)16-13(17)15-11/h2-5H,6-7H2,1H3,(H2,14,15,16,17). The molecule has 0 fully saturated rings. The van der Waals surface area contributed by atoms with Gasteiger partial charge in [-0.3, -0.25) is 0 Å². The van der Waals surface area contributed by atoms with E-state index in [-0.39, 0.29) is 5.69 Å². The fourth-order valence-electron chi connectivity index (χ4n) is 2.16. The van der Waals surface area contributed by atoms with E-state index in [2.05, 4.69) is 15.3 Å². The molecule has 0 amide bonds. The third kappa shape index (κ3) is 1.71. The van der Waals surface area contributed by atoms with E-state index in [4.69, 9.17) is 0 Å². The van der Waals surface area contributed by atoms with Gasteiger partial charge < -0.3 is 10.3 Å². The molecule has 1 aromatic heterocycles. The van der Waals surface area contributed by atoms with Gasteiger partial charge >= 0.3 is 5.69 Å². The quantitative estimate of drug-likeness (QED) is 0.779. The molecule has 4 nitrogen and oxygen atoms in total. The third-order valence-corrected chi connectivity index (χ3v) is 3.04. The van der Waals surface area contributed by atoms with Crippen molar-refractivity contribution < 1.29 is 0 Å². The molecule has 0 aliphatic carbocycles. The van der Waals surface area contributed by atoms with Gasteiger partial charge in [0.2, 0.25) is 0 Å². The first-order valence-electron chi connectivity index (χ1n) is 5.68. The summed E-state index contributed by atoms with van der Waals surface area (Å²) < 4.78 is 0. The first kappa shape index (κ1) is 10.1. The van der Waals surface area contributed by atoms with Crippen LogP contribution in [0.15, 0.2) is 29.1 Å². The van der Waals surface area contributed by atoms with Crippen molar-refractivity contribution in [3.8, 4) is 11.3 Å². The van der Waals surface area contributed by atoms with Crippen molar-refractivity contribution in [3.63, 3.8) is 0 Å². The Morgan fingerprint density at radius 1 is 1.24 bits per heavy atom. The van der Waals surface area contributed by atoms with Crippen LogP contribution >= 0.6 is 0 Å². The van der Waals surface area contributed by atoms with Crippen molar-refractivity contribution in [2.24, 2.45) is 0 Å². The van der Waals surface area contributed by atoms with E-state index < -0.39 is 0 Å². The largest absolute Gasteiger partial charge is 0.369 e. The highest BCUT2D eigenvalue weighted by Gasteiger charge is 2.18. The molecule has 0 saturated heterocycles. The van der Waals surface area contributed by atoms with Crippen molar-refractivity contribution >= 4 is 5.82 Å². The maximum Gasteiger partial charge on any atom is 0.347 e. The van der Waals surface area contributed by atoms with Crippen LogP contribution < -0.4 is 11.0 Å². The Morgan fingerprint density at radius 2 is 2.00 bits per heavy atom. The number of nitrogens with zero attached hydrogens (tertiary/aromatic N) is 1. The highest BCUT2D eigenvalue weighted by Crippen LogP contribution is 2.28. The van der Waals surface area contributed by atoms with E-state index in [0.29, 0.717) is 0 Å². The Balaban J connectivity index is 2.21. The van der Waals surface area contributed by atoms with E-state index in [1.54, 1.807) is 0 Å². The Kier molecular flexibility index (Phi) is 2.21. The predicted octanol–water partition coefficient (Wildman–Crippen LogP) is 1.71. The van der Waals surface area contributed by atoms with Gasteiger partial charge in [0.15, 0.2) is 0 Å². The molecule has 17 heavy (non-hydrogen) atoms. The first-order valence-corrected chi connectivity index (χ1v) is 5.68. The van der Waals surface area contributed by atoms with Crippen LogP contribution in [0.4, 0.5) is 5.82 Å². The second-order valence-electron chi connectivity index (χ2n) is 4.29. The SMILES string of the molecule is Cc1ccc(-c2[nH]c(=O)nc3c2CCN3)cc1. The highest BCUT2D eigenvalue weighted by molar-refractivity contribution is 5.70. The van der Waals surface area contributed by atoms with Gasteiger partial charge in [0.25, 0.3) is 0 Å². The maximum absolute atomic E-state index is 11.5. The number of hydrogen-bond acceptors (Lipinski definition) is 3. The van der Waals surface area contributed by atoms with Crippen molar-refractivity contribution in [2.75, 3.05) is 11.9 Å². The van der Waals surface area contributed by atoms with Crippen LogP contribution in [0.2, 0.25) is 0 Å². The minimum absolute atomic E-state index is 0.297. The normalized spacial score (nSPS) is 13.2. The summed E-state index contributed by atoms with van der Waals surface area (Å²) in [7, 11) is 0. The van der Waals surface area contributed by atoms with Crippen LogP contribution in [0, 0.1) is 6.92 Å². The van der Waals surface area contributed by atoms with Crippen LogP contribution in [-0.2, 0) is 6.42 Å². The van der Waals surface area contributed by atoms with Crippen molar-refractivity contribution in [1.82, 2.24) is 9.97 Å². The number of nitrogens with one attached hydrogen (secondary N) is 2. The van der Waals surface area contributed by atoms with Gasteiger partial charge in [-0.2, -0.15) is 4.98 Å². The molecule has 2 aromatic rings. The number of anilines is 1. The van der Waals surface area contributed by atoms with Crippen molar-refractivity contribution in [2.45, 2.75) is 13.3 Å². The lowest BCUT2D eigenvalue weighted by Gasteiger charge is -2.07. The predicted molar refractivity (Wildman–Crippen MR) is 67.2 cm³/mol. The summed E-state index contributed by atoms with van der Waals surface area (Å²) >= 11 is 0. The molecule has 0 radical (unpaired) electrons.